The number of hydrogen-bond donors (Lipinski definition) is 1. The minimum atomic E-state index is -4.06. The second kappa shape index (κ2) is 7.44. The van der Waals surface area contributed by atoms with E-state index in [1.807, 2.05) is 0 Å². The van der Waals surface area contributed by atoms with Crippen molar-refractivity contribution in [1.82, 2.24) is 9.29 Å². The number of sulfonamides is 1. The van der Waals surface area contributed by atoms with E-state index in [0.29, 0.717) is 0 Å². The van der Waals surface area contributed by atoms with E-state index in [1.54, 1.807) is 0 Å². The number of benzene rings is 1. The molecule has 0 aliphatic carbocycles. The van der Waals surface area contributed by atoms with Gasteiger partial charge in [-0.2, -0.15) is 8.70 Å². The Kier molecular flexibility index (Phi) is 5.25. The predicted molar refractivity (Wildman–Crippen MR) is 88.1 cm³/mol. The van der Waals surface area contributed by atoms with E-state index in [-0.39, 0.29) is 37.6 Å². The van der Waals surface area contributed by atoms with E-state index in [9.17, 15) is 22.0 Å². The molecule has 1 aliphatic rings. The van der Waals surface area contributed by atoms with Crippen LogP contribution in [0.4, 0.5) is 14.5 Å². The average Bonchev–Trinajstić information content (AvgIpc) is 2.64. The normalized spacial score (nSPS) is 15.6. The second-order valence-corrected chi connectivity index (χ2v) is 7.39. The lowest BCUT2D eigenvalue weighted by Crippen LogP contribution is -2.40. The zero-order valence-corrected chi connectivity index (χ0v) is 14.3. The highest BCUT2D eigenvalue weighted by Gasteiger charge is 2.29. The highest BCUT2D eigenvalue weighted by atomic mass is 32.2. The molecule has 2 aromatic rings. The Hall–Kier alpha value is -2.43. The third kappa shape index (κ3) is 3.87. The number of morpholine rings is 1. The molecule has 0 saturated carbocycles. The molecule has 10 heteroatoms. The average molecular weight is 383 g/mol. The first-order valence-electron chi connectivity index (χ1n) is 7.68. The van der Waals surface area contributed by atoms with Crippen LogP contribution in [0, 0.1) is 11.8 Å². The van der Waals surface area contributed by atoms with Crippen molar-refractivity contribution < 1.29 is 26.7 Å². The van der Waals surface area contributed by atoms with Gasteiger partial charge in [0.05, 0.1) is 18.8 Å². The van der Waals surface area contributed by atoms with Gasteiger partial charge in [0.2, 0.25) is 16.0 Å². The highest BCUT2D eigenvalue weighted by Crippen LogP contribution is 2.24. The molecule has 1 aromatic heterocycles. The van der Waals surface area contributed by atoms with E-state index in [4.69, 9.17) is 4.74 Å². The molecular weight excluding hydrogens is 368 g/mol. The first-order valence-corrected chi connectivity index (χ1v) is 9.12. The van der Waals surface area contributed by atoms with Crippen LogP contribution in [0.3, 0.4) is 0 Å². The first-order chi connectivity index (χ1) is 12.4. The number of anilines is 1. The van der Waals surface area contributed by atoms with E-state index >= 15 is 0 Å². The van der Waals surface area contributed by atoms with Crippen molar-refractivity contribution in [2.75, 3.05) is 31.6 Å². The molecule has 138 valence electrons. The Morgan fingerprint density at radius 3 is 2.54 bits per heavy atom. The zero-order valence-electron chi connectivity index (χ0n) is 13.5. The third-order valence-electron chi connectivity index (χ3n) is 3.77. The minimum absolute atomic E-state index is 0.0771. The van der Waals surface area contributed by atoms with Crippen LogP contribution in [0.2, 0.25) is 0 Å². The van der Waals surface area contributed by atoms with Crippen LogP contribution in [-0.2, 0) is 14.8 Å². The number of hydrogen-bond acceptors (Lipinski definition) is 5. The predicted octanol–water partition coefficient (Wildman–Crippen LogP) is 1.63. The Morgan fingerprint density at radius 1 is 1.15 bits per heavy atom. The lowest BCUT2D eigenvalue weighted by Gasteiger charge is -2.26. The topological polar surface area (TPSA) is 88.6 Å². The molecule has 2 heterocycles. The summed E-state index contributed by atoms with van der Waals surface area (Å²) in [5, 5.41) is 2.44. The molecule has 1 amide bonds. The molecule has 7 nitrogen and oxygen atoms in total. The standard InChI is InChI=1S/C16H15F2N3O4S/c17-13-3-2-12(20-16(22)11-1-4-15(18)19-10-11)9-14(13)26(23,24)21-5-7-25-8-6-21/h1-4,9-10H,5-8H2,(H,20,22). The second-order valence-electron chi connectivity index (χ2n) is 5.49. The number of ether oxygens (including phenoxy) is 1. The molecule has 1 aromatic carbocycles. The molecule has 1 saturated heterocycles. The van der Waals surface area contributed by atoms with Crippen molar-refractivity contribution in [3.05, 3.63) is 53.9 Å². The minimum Gasteiger partial charge on any atom is -0.379 e. The monoisotopic (exact) mass is 383 g/mol. The van der Waals surface area contributed by atoms with E-state index in [2.05, 4.69) is 10.3 Å². The lowest BCUT2D eigenvalue weighted by atomic mass is 10.2. The molecule has 3 rings (SSSR count). The number of nitrogens with one attached hydrogen (secondary N) is 1. The zero-order chi connectivity index (χ0) is 18.7. The van der Waals surface area contributed by atoms with Gasteiger partial charge in [0, 0.05) is 25.0 Å². The van der Waals surface area contributed by atoms with Crippen LogP contribution in [0.1, 0.15) is 10.4 Å². The molecular formula is C16H15F2N3O4S. The van der Waals surface area contributed by atoms with Crippen molar-refractivity contribution in [2.24, 2.45) is 0 Å². The summed E-state index contributed by atoms with van der Waals surface area (Å²) >= 11 is 0. The first kappa shape index (κ1) is 18.4. The SMILES string of the molecule is O=C(Nc1ccc(F)c(S(=O)(=O)N2CCOCC2)c1)c1ccc(F)nc1. The Morgan fingerprint density at radius 2 is 1.88 bits per heavy atom. The van der Waals surface area contributed by atoms with Crippen molar-refractivity contribution in [3.63, 3.8) is 0 Å². The summed E-state index contributed by atoms with van der Waals surface area (Å²) in [6, 6.07) is 5.50. The summed E-state index contributed by atoms with van der Waals surface area (Å²) in [6.45, 7) is 0.711. The number of carbonyl (C=O) groups is 1. The fourth-order valence-corrected chi connectivity index (χ4v) is 3.92. The van der Waals surface area contributed by atoms with Gasteiger partial charge in [0.1, 0.15) is 10.7 Å². The number of halogens is 2. The smallest absolute Gasteiger partial charge is 0.257 e. The lowest BCUT2D eigenvalue weighted by molar-refractivity contribution is 0.0729. The molecule has 0 atom stereocenters. The van der Waals surface area contributed by atoms with Crippen LogP contribution in [0.25, 0.3) is 0 Å². The van der Waals surface area contributed by atoms with Gasteiger partial charge in [-0.25, -0.2) is 17.8 Å². The van der Waals surface area contributed by atoms with Crippen molar-refractivity contribution >= 4 is 21.6 Å². The molecule has 0 bridgehead atoms. The summed E-state index contributed by atoms with van der Waals surface area (Å²) < 4.78 is 58.4. The number of pyridine rings is 1. The molecule has 0 unspecified atom stereocenters. The van der Waals surface area contributed by atoms with E-state index < -0.39 is 32.6 Å². The van der Waals surface area contributed by atoms with Crippen molar-refractivity contribution in [1.29, 1.82) is 0 Å². The Labute approximate surface area is 148 Å². The fraction of sp³-hybridized carbons (Fsp3) is 0.250. The summed E-state index contributed by atoms with van der Waals surface area (Å²) in [5.41, 5.74) is 0.167. The van der Waals surface area contributed by atoms with Gasteiger partial charge >= 0.3 is 0 Å². The third-order valence-corrected chi connectivity index (χ3v) is 5.68. The largest absolute Gasteiger partial charge is 0.379 e. The van der Waals surface area contributed by atoms with Gasteiger partial charge < -0.3 is 10.1 Å². The van der Waals surface area contributed by atoms with Crippen LogP contribution in [-0.4, -0.2) is 49.9 Å². The Bertz CT molecular complexity index is 914. The van der Waals surface area contributed by atoms with Crippen molar-refractivity contribution in [3.8, 4) is 0 Å². The van der Waals surface area contributed by atoms with Crippen LogP contribution in [0.5, 0.6) is 0 Å². The number of rotatable bonds is 4. The van der Waals surface area contributed by atoms with Gasteiger partial charge in [-0.1, -0.05) is 0 Å². The molecule has 1 aliphatic heterocycles. The van der Waals surface area contributed by atoms with Crippen LogP contribution >= 0.6 is 0 Å². The number of carbonyl (C=O) groups excluding carboxylic acids is 1. The molecule has 0 radical (unpaired) electrons. The van der Waals surface area contributed by atoms with Crippen LogP contribution < -0.4 is 5.32 Å². The maximum absolute atomic E-state index is 14.1. The molecule has 1 fully saturated rings. The number of amides is 1. The molecule has 1 N–H and O–H groups in total. The number of aromatic nitrogens is 1. The summed E-state index contributed by atoms with van der Waals surface area (Å²) in [7, 11) is -4.06. The van der Waals surface area contributed by atoms with Gasteiger partial charge in [0.25, 0.3) is 5.91 Å². The summed E-state index contributed by atoms with van der Waals surface area (Å²) in [6.07, 6.45) is 1.04. The number of nitrogens with zero attached hydrogens (tertiary/aromatic N) is 2. The van der Waals surface area contributed by atoms with Crippen LogP contribution in [0.15, 0.2) is 41.4 Å². The molecule has 26 heavy (non-hydrogen) atoms. The quantitative estimate of drug-likeness (QED) is 0.811. The fourth-order valence-electron chi connectivity index (χ4n) is 2.42. The van der Waals surface area contributed by atoms with Crippen molar-refractivity contribution in [2.45, 2.75) is 4.90 Å². The highest BCUT2D eigenvalue weighted by molar-refractivity contribution is 7.89. The van der Waals surface area contributed by atoms with E-state index in [0.717, 1.165) is 28.7 Å². The summed E-state index contributed by atoms with van der Waals surface area (Å²) in [5.74, 6) is -2.28. The summed E-state index contributed by atoms with van der Waals surface area (Å²) in [4.78, 5) is 15.0. The van der Waals surface area contributed by atoms with Gasteiger partial charge in [-0.15, -0.1) is 0 Å². The molecule has 0 spiro atoms. The van der Waals surface area contributed by atoms with E-state index in [1.165, 1.54) is 12.1 Å². The van der Waals surface area contributed by atoms with Gasteiger partial charge in [0.15, 0.2) is 0 Å². The van der Waals surface area contributed by atoms with Gasteiger partial charge in [-0.05, 0) is 30.3 Å². The maximum Gasteiger partial charge on any atom is 0.257 e. The van der Waals surface area contributed by atoms with Gasteiger partial charge in [-0.3, -0.25) is 4.79 Å². The maximum atomic E-state index is 14.1. The Balaban J connectivity index is 1.85.